The molecule has 4 heteroatoms. The van der Waals surface area contributed by atoms with Gasteiger partial charge in [0.15, 0.2) is 0 Å². The fourth-order valence-corrected chi connectivity index (χ4v) is 3.31. The van der Waals surface area contributed by atoms with Crippen molar-refractivity contribution in [2.75, 3.05) is 18.0 Å². The number of hydrogen-bond acceptors (Lipinski definition) is 1. The molecular formula is C16H22ClF2N. The fraction of sp³-hybridized carbons (Fsp3) is 0.625. The van der Waals surface area contributed by atoms with Gasteiger partial charge >= 0.3 is 0 Å². The van der Waals surface area contributed by atoms with E-state index in [9.17, 15) is 8.78 Å². The van der Waals surface area contributed by atoms with Crippen LogP contribution in [0.25, 0.3) is 0 Å². The highest BCUT2D eigenvalue weighted by Gasteiger charge is 2.32. The van der Waals surface area contributed by atoms with Crippen molar-refractivity contribution in [2.24, 2.45) is 5.41 Å². The minimum atomic E-state index is -0.499. The van der Waals surface area contributed by atoms with Gasteiger partial charge in [0.05, 0.1) is 0 Å². The van der Waals surface area contributed by atoms with Crippen LogP contribution in [0.2, 0.25) is 0 Å². The monoisotopic (exact) mass is 301 g/mol. The Hall–Kier alpha value is -0.830. The average Bonchev–Trinajstić information content (AvgIpc) is 2.47. The van der Waals surface area contributed by atoms with E-state index in [-0.39, 0.29) is 11.6 Å². The zero-order valence-corrected chi connectivity index (χ0v) is 12.9. The zero-order chi connectivity index (χ0) is 14.8. The lowest BCUT2D eigenvalue weighted by molar-refractivity contribution is 0.198. The first kappa shape index (κ1) is 15.6. The van der Waals surface area contributed by atoms with Crippen molar-refractivity contribution in [2.45, 2.75) is 45.4 Å². The minimum absolute atomic E-state index is 0.111. The van der Waals surface area contributed by atoms with Crippen LogP contribution in [-0.2, 0) is 5.88 Å². The quantitative estimate of drug-likeness (QED) is 0.699. The second-order valence-corrected chi connectivity index (χ2v) is 6.00. The van der Waals surface area contributed by atoms with E-state index in [1.807, 2.05) is 4.90 Å². The highest BCUT2D eigenvalue weighted by atomic mass is 35.5. The first-order valence-corrected chi connectivity index (χ1v) is 7.87. The van der Waals surface area contributed by atoms with E-state index < -0.39 is 11.6 Å². The molecule has 0 N–H and O–H groups in total. The summed E-state index contributed by atoms with van der Waals surface area (Å²) >= 11 is 5.64. The molecule has 0 atom stereocenters. The summed E-state index contributed by atoms with van der Waals surface area (Å²) < 4.78 is 28.2. The number of alkyl halides is 1. The third-order valence-corrected chi connectivity index (χ3v) is 5.18. The number of halogens is 3. The van der Waals surface area contributed by atoms with Gasteiger partial charge in [-0.15, -0.1) is 11.6 Å². The lowest BCUT2D eigenvalue weighted by Gasteiger charge is -2.42. The minimum Gasteiger partial charge on any atom is -0.367 e. The molecule has 0 saturated carbocycles. The van der Waals surface area contributed by atoms with Crippen LogP contribution in [0.1, 0.15) is 45.1 Å². The number of piperidine rings is 1. The SMILES string of the molecule is CCC1(CC)CCN(c2c(F)cc(CCl)cc2F)CC1. The van der Waals surface area contributed by atoms with Gasteiger partial charge in [-0.25, -0.2) is 8.78 Å². The van der Waals surface area contributed by atoms with Crippen molar-refractivity contribution in [1.82, 2.24) is 0 Å². The van der Waals surface area contributed by atoms with Crippen LogP contribution in [0.5, 0.6) is 0 Å². The molecule has 0 radical (unpaired) electrons. The van der Waals surface area contributed by atoms with E-state index in [0.717, 1.165) is 38.8 Å². The molecule has 1 aliphatic rings. The predicted octanol–water partition coefficient (Wildman–Crippen LogP) is 5.11. The van der Waals surface area contributed by atoms with Gasteiger partial charge in [-0.3, -0.25) is 0 Å². The van der Waals surface area contributed by atoms with Crippen LogP contribution in [-0.4, -0.2) is 13.1 Å². The molecule has 1 aromatic rings. The maximum atomic E-state index is 14.1. The molecule has 0 spiro atoms. The van der Waals surface area contributed by atoms with Crippen LogP contribution < -0.4 is 4.90 Å². The van der Waals surface area contributed by atoms with Crippen LogP contribution in [0.4, 0.5) is 14.5 Å². The molecular weight excluding hydrogens is 280 g/mol. The number of benzene rings is 1. The van der Waals surface area contributed by atoms with Crippen molar-refractivity contribution in [3.63, 3.8) is 0 Å². The third kappa shape index (κ3) is 2.93. The van der Waals surface area contributed by atoms with Crippen molar-refractivity contribution in [3.05, 3.63) is 29.3 Å². The largest absolute Gasteiger partial charge is 0.367 e. The van der Waals surface area contributed by atoms with Gasteiger partial charge in [-0.2, -0.15) is 0 Å². The maximum absolute atomic E-state index is 14.1. The summed E-state index contributed by atoms with van der Waals surface area (Å²) in [6.45, 7) is 5.84. The second kappa shape index (κ2) is 6.30. The van der Waals surface area contributed by atoms with Crippen molar-refractivity contribution in [1.29, 1.82) is 0 Å². The molecule has 0 aliphatic carbocycles. The molecule has 112 valence electrons. The summed E-state index contributed by atoms with van der Waals surface area (Å²) in [7, 11) is 0. The first-order chi connectivity index (χ1) is 9.55. The zero-order valence-electron chi connectivity index (χ0n) is 12.2. The van der Waals surface area contributed by atoms with Crippen molar-refractivity contribution in [3.8, 4) is 0 Å². The van der Waals surface area contributed by atoms with Crippen LogP contribution in [0, 0.1) is 17.0 Å². The summed E-state index contributed by atoms with van der Waals surface area (Å²) in [5.41, 5.74) is 0.943. The number of anilines is 1. The standard InChI is InChI=1S/C16H22ClF2N/c1-3-16(4-2)5-7-20(8-6-16)15-13(18)9-12(11-17)10-14(15)19/h9-10H,3-8,11H2,1-2H3. The molecule has 1 aromatic carbocycles. The summed E-state index contributed by atoms with van der Waals surface area (Å²) in [6, 6.07) is 2.68. The summed E-state index contributed by atoms with van der Waals surface area (Å²) in [4.78, 5) is 1.84. The van der Waals surface area contributed by atoms with E-state index in [1.54, 1.807) is 0 Å². The Morgan fingerprint density at radius 3 is 2.00 bits per heavy atom. The Balaban J connectivity index is 2.19. The highest BCUT2D eigenvalue weighted by molar-refractivity contribution is 6.17. The van der Waals surface area contributed by atoms with Crippen LogP contribution in [0.15, 0.2) is 12.1 Å². The molecule has 1 saturated heterocycles. The Labute approximate surface area is 124 Å². The first-order valence-electron chi connectivity index (χ1n) is 7.34. The Morgan fingerprint density at radius 1 is 1.10 bits per heavy atom. The molecule has 1 aliphatic heterocycles. The molecule has 20 heavy (non-hydrogen) atoms. The van der Waals surface area contributed by atoms with E-state index in [2.05, 4.69) is 13.8 Å². The van der Waals surface area contributed by atoms with Gasteiger partial charge in [0, 0.05) is 19.0 Å². The van der Waals surface area contributed by atoms with Gasteiger partial charge in [0.25, 0.3) is 0 Å². The van der Waals surface area contributed by atoms with Gasteiger partial charge in [-0.05, 0) is 36.0 Å². The molecule has 1 heterocycles. The van der Waals surface area contributed by atoms with E-state index in [0.29, 0.717) is 11.0 Å². The van der Waals surface area contributed by atoms with Gasteiger partial charge < -0.3 is 4.90 Å². The van der Waals surface area contributed by atoms with Crippen molar-refractivity contribution >= 4 is 17.3 Å². The number of rotatable bonds is 4. The molecule has 0 amide bonds. The smallest absolute Gasteiger partial charge is 0.149 e. The molecule has 1 nitrogen and oxygen atoms in total. The normalized spacial score (nSPS) is 18.4. The lowest BCUT2D eigenvalue weighted by atomic mass is 9.74. The molecule has 0 aromatic heterocycles. The highest BCUT2D eigenvalue weighted by Crippen LogP contribution is 2.40. The summed E-state index contributed by atoms with van der Waals surface area (Å²) in [5.74, 6) is -0.870. The van der Waals surface area contributed by atoms with Gasteiger partial charge in [0.1, 0.15) is 17.3 Å². The van der Waals surface area contributed by atoms with E-state index in [1.165, 1.54) is 12.1 Å². The lowest BCUT2D eigenvalue weighted by Crippen LogP contribution is -2.40. The van der Waals surface area contributed by atoms with E-state index in [4.69, 9.17) is 11.6 Å². The molecule has 1 fully saturated rings. The third-order valence-electron chi connectivity index (χ3n) is 4.87. The van der Waals surface area contributed by atoms with Gasteiger partial charge in [-0.1, -0.05) is 26.7 Å². The van der Waals surface area contributed by atoms with Crippen LogP contribution >= 0.6 is 11.6 Å². The summed E-state index contributed by atoms with van der Waals surface area (Å²) in [6.07, 6.45) is 4.26. The second-order valence-electron chi connectivity index (χ2n) is 5.74. The van der Waals surface area contributed by atoms with E-state index >= 15 is 0 Å². The Morgan fingerprint density at radius 2 is 1.60 bits per heavy atom. The summed E-state index contributed by atoms with van der Waals surface area (Å²) in [5, 5.41) is 0. The van der Waals surface area contributed by atoms with Gasteiger partial charge in [0.2, 0.25) is 0 Å². The average molecular weight is 302 g/mol. The predicted molar refractivity (Wildman–Crippen MR) is 80.4 cm³/mol. The van der Waals surface area contributed by atoms with Crippen molar-refractivity contribution < 1.29 is 8.78 Å². The van der Waals surface area contributed by atoms with Crippen LogP contribution in [0.3, 0.4) is 0 Å². The number of nitrogens with zero attached hydrogens (tertiary/aromatic N) is 1. The Kier molecular flexibility index (Phi) is 4.90. The fourth-order valence-electron chi connectivity index (χ4n) is 3.16. The maximum Gasteiger partial charge on any atom is 0.149 e. The molecule has 2 rings (SSSR count). The Bertz CT molecular complexity index is 439. The molecule has 0 unspecified atom stereocenters. The topological polar surface area (TPSA) is 3.24 Å². The number of hydrogen-bond donors (Lipinski definition) is 0. The molecule has 0 bridgehead atoms.